The second-order valence-corrected chi connectivity index (χ2v) is 7.68. The van der Waals surface area contributed by atoms with E-state index < -0.39 is 10.0 Å². The first-order chi connectivity index (χ1) is 11.4. The number of fused-ring (bicyclic) bond motifs is 1. The van der Waals surface area contributed by atoms with Crippen LogP contribution in [0.4, 0.5) is 0 Å². The molecule has 0 aliphatic carbocycles. The van der Waals surface area contributed by atoms with Gasteiger partial charge in [-0.05, 0) is 48.2 Å². The van der Waals surface area contributed by atoms with Crippen molar-refractivity contribution in [3.8, 4) is 5.75 Å². The van der Waals surface area contributed by atoms with Gasteiger partial charge < -0.3 is 4.74 Å². The molecular weight excluding hydrogens is 326 g/mol. The number of aromatic nitrogens is 3. The molecular formula is C17H19N3O3S. The molecule has 1 aromatic heterocycles. The Morgan fingerprint density at radius 1 is 1.17 bits per heavy atom. The van der Waals surface area contributed by atoms with E-state index in [4.69, 9.17) is 4.74 Å². The van der Waals surface area contributed by atoms with Crippen LogP contribution in [-0.4, -0.2) is 29.9 Å². The van der Waals surface area contributed by atoms with Crippen molar-refractivity contribution in [3.63, 3.8) is 0 Å². The van der Waals surface area contributed by atoms with E-state index in [9.17, 15) is 8.42 Å². The summed E-state index contributed by atoms with van der Waals surface area (Å²) >= 11 is 0. The number of para-hydroxylation sites is 1. The highest BCUT2D eigenvalue weighted by Crippen LogP contribution is 2.32. The second kappa shape index (κ2) is 5.90. The number of nitrogens with zero attached hydrogens (tertiary/aromatic N) is 3. The van der Waals surface area contributed by atoms with Gasteiger partial charge in [0.1, 0.15) is 16.8 Å². The highest BCUT2D eigenvalue weighted by Gasteiger charge is 2.25. The fourth-order valence-corrected chi connectivity index (χ4v) is 4.18. The average Bonchev–Trinajstić information content (AvgIpc) is 2.98. The Morgan fingerprint density at radius 2 is 1.88 bits per heavy atom. The molecule has 7 heteroatoms. The van der Waals surface area contributed by atoms with Crippen molar-refractivity contribution >= 4 is 21.1 Å². The first kappa shape index (κ1) is 16.4. The van der Waals surface area contributed by atoms with Crippen molar-refractivity contribution in [1.82, 2.24) is 14.4 Å². The Kier molecular flexibility index (Phi) is 4.04. The van der Waals surface area contributed by atoms with Crippen LogP contribution in [0.1, 0.15) is 30.9 Å². The van der Waals surface area contributed by atoms with Gasteiger partial charge in [-0.1, -0.05) is 31.2 Å². The van der Waals surface area contributed by atoms with Crippen LogP contribution < -0.4 is 4.74 Å². The first-order valence-corrected chi connectivity index (χ1v) is 9.05. The number of hydrogen-bond donors (Lipinski definition) is 0. The van der Waals surface area contributed by atoms with Crippen LogP contribution in [0, 0.1) is 6.92 Å². The summed E-state index contributed by atoms with van der Waals surface area (Å²) in [6, 6.07) is 10.4. The zero-order valence-corrected chi connectivity index (χ0v) is 14.8. The van der Waals surface area contributed by atoms with Crippen molar-refractivity contribution in [2.24, 2.45) is 0 Å². The number of aryl methyl sites for hydroxylation is 1. The molecule has 0 N–H and O–H groups in total. The molecule has 1 heterocycles. The fourth-order valence-electron chi connectivity index (χ4n) is 2.70. The highest BCUT2D eigenvalue weighted by molar-refractivity contribution is 7.90. The van der Waals surface area contributed by atoms with Gasteiger partial charge in [0.15, 0.2) is 0 Å². The van der Waals surface area contributed by atoms with Crippen LogP contribution in [-0.2, 0) is 10.0 Å². The maximum Gasteiger partial charge on any atom is 0.285 e. The molecule has 6 nitrogen and oxygen atoms in total. The van der Waals surface area contributed by atoms with Crippen LogP contribution in [0.2, 0.25) is 0 Å². The topological polar surface area (TPSA) is 74.1 Å². The van der Waals surface area contributed by atoms with Gasteiger partial charge in [0.05, 0.1) is 12.0 Å². The third-order valence-corrected chi connectivity index (χ3v) is 5.70. The predicted molar refractivity (Wildman–Crippen MR) is 91.9 cm³/mol. The molecule has 0 saturated carbocycles. The second-order valence-electron chi connectivity index (χ2n) is 5.94. The van der Waals surface area contributed by atoms with E-state index in [2.05, 4.69) is 10.3 Å². The Morgan fingerprint density at radius 3 is 2.54 bits per heavy atom. The molecule has 0 fully saturated rings. The minimum Gasteiger partial charge on any atom is -0.496 e. The summed E-state index contributed by atoms with van der Waals surface area (Å²) in [5.41, 5.74) is 2.44. The number of hydrogen-bond acceptors (Lipinski definition) is 5. The molecule has 0 radical (unpaired) electrons. The first-order valence-electron chi connectivity index (χ1n) is 7.61. The van der Waals surface area contributed by atoms with E-state index in [0.717, 1.165) is 9.65 Å². The SMILES string of the molecule is COc1cc(C)c(S(=O)(=O)n2nnc3ccccc32)cc1C(C)C. The maximum atomic E-state index is 13.1. The van der Waals surface area contributed by atoms with Gasteiger partial charge >= 0.3 is 0 Å². The summed E-state index contributed by atoms with van der Waals surface area (Å²) in [6.07, 6.45) is 0. The van der Waals surface area contributed by atoms with E-state index in [1.165, 1.54) is 0 Å². The van der Waals surface area contributed by atoms with E-state index in [-0.39, 0.29) is 10.8 Å². The van der Waals surface area contributed by atoms with Gasteiger partial charge in [-0.2, -0.15) is 8.42 Å². The maximum absolute atomic E-state index is 13.1. The summed E-state index contributed by atoms with van der Waals surface area (Å²) in [7, 11) is -2.26. The molecule has 0 bridgehead atoms. The molecule has 0 amide bonds. The lowest BCUT2D eigenvalue weighted by atomic mass is 10.0. The van der Waals surface area contributed by atoms with Gasteiger partial charge in [-0.25, -0.2) is 0 Å². The lowest BCUT2D eigenvalue weighted by molar-refractivity contribution is 0.406. The van der Waals surface area contributed by atoms with E-state index in [0.29, 0.717) is 22.3 Å². The van der Waals surface area contributed by atoms with Crippen molar-refractivity contribution in [3.05, 3.63) is 47.5 Å². The van der Waals surface area contributed by atoms with E-state index in [1.54, 1.807) is 50.4 Å². The lowest BCUT2D eigenvalue weighted by Crippen LogP contribution is -2.16. The minimum absolute atomic E-state index is 0.127. The molecule has 3 rings (SSSR count). The number of rotatable bonds is 4. The normalized spacial score (nSPS) is 12.0. The number of ether oxygens (including phenoxy) is 1. The fraction of sp³-hybridized carbons (Fsp3) is 0.294. The molecule has 0 aliphatic heterocycles. The van der Waals surface area contributed by atoms with Crippen molar-refractivity contribution in [1.29, 1.82) is 0 Å². The van der Waals surface area contributed by atoms with Crippen molar-refractivity contribution < 1.29 is 13.2 Å². The van der Waals surface area contributed by atoms with Gasteiger partial charge in [-0.3, -0.25) is 0 Å². The summed E-state index contributed by atoms with van der Waals surface area (Å²) < 4.78 is 32.6. The largest absolute Gasteiger partial charge is 0.496 e. The zero-order valence-electron chi connectivity index (χ0n) is 14.0. The molecule has 0 unspecified atom stereocenters. The number of benzene rings is 2. The van der Waals surface area contributed by atoms with Crippen LogP contribution in [0.25, 0.3) is 11.0 Å². The molecule has 24 heavy (non-hydrogen) atoms. The monoisotopic (exact) mass is 345 g/mol. The summed E-state index contributed by atoms with van der Waals surface area (Å²) in [4.78, 5) is 0.211. The highest BCUT2D eigenvalue weighted by atomic mass is 32.2. The Balaban J connectivity index is 2.26. The summed E-state index contributed by atoms with van der Waals surface area (Å²) in [6.45, 7) is 5.74. The predicted octanol–water partition coefficient (Wildman–Crippen LogP) is 3.11. The molecule has 126 valence electrons. The molecule has 0 atom stereocenters. The van der Waals surface area contributed by atoms with Gasteiger partial charge in [0.2, 0.25) is 0 Å². The lowest BCUT2D eigenvalue weighted by Gasteiger charge is -2.16. The number of methoxy groups -OCH3 is 1. The van der Waals surface area contributed by atoms with Crippen LogP contribution in [0.15, 0.2) is 41.3 Å². The third kappa shape index (κ3) is 2.54. The summed E-state index contributed by atoms with van der Waals surface area (Å²) in [5, 5.41) is 7.79. The molecule has 0 saturated heterocycles. The van der Waals surface area contributed by atoms with Crippen LogP contribution in [0.5, 0.6) is 5.75 Å². The molecule has 2 aromatic carbocycles. The Bertz CT molecular complexity index is 1010. The Hall–Kier alpha value is -2.41. The smallest absolute Gasteiger partial charge is 0.285 e. The van der Waals surface area contributed by atoms with E-state index >= 15 is 0 Å². The quantitative estimate of drug-likeness (QED) is 0.726. The van der Waals surface area contributed by atoms with Gasteiger partial charge in [0, 0.05) is 0 Å². The van der Waals surface area contributed by atoms with Gasteiger partial charge in [0.25, 0.3) is 10.0 Å². The average molecular weight is 345 g/mol. The van der Waals surface area contributed by atoms with Crippen LogP contribution >= 0.6 is 0 Å². The van der Waals surface area contributed by atoms with Crippen LogP contribution in [0.3, 0.4) is 0 Å². The summed E-state index contributed by atoms with van der Waals surface area (Å²) in [5.74, 6) is 0.812. The minimum atomic E-state index is -3.85. The standard InChI is InChI=1S/C17H19N3O3S/c1-11(2)13-10-17(12(3)9-16(13)23-4)24(21,22)20-15-8-6-5-7-14(15)18-19-20/h5-11H,1-4H3. The molecule has 3 aromatic rings. The zero-order chi connectivity index (χ0) is 17.5. The van der Waals surface area contributed by atoms with Crippen molar-refractivity contribution in [2.75, 3.05) is 7.11 Å². The third-order valence-electron chi connectivity index (χ3n) is 3.98. The van der Waals surface area contributed by atoms with E-state index in [1.807, 2.05) is 13.8 Å². The van der Waals surface area contributed by atoms with Crippen molar-refractivity contribution in [2.45, 2.75) is 31.6 Å². The van der Waals surface area contributed by atoms with Gasteiger partial charge in [-0.15, -0.1) is 9.19 Å². The molecule has 0 spiro atoms. The Labute approximate surface area is 141 Å². The molecule has 0 aliphatic rings.